The molecule has 1 fully saturated rings. The quantitative estimate of drug-likeness (QED) is 0.856. The Labute approximate surface area is 105 Å². The van der Waals surface area contributed by atoms with Gasteiger partial charge >= 0.3 is 0 Å². The third-order valence-electron chi connectivity index (χ3n) is 2.74. The van der Waals surface area contributed by atoms with Crippen molar-refractivity contribution in [3.05, 3.63) is 30.1 Å². The zero-order valence-corrected chi connectivity index (χ0v) is 10.4. The molecule has 1 aromatic carbocycles. The molecule has 2 rings (SSSR count). The van der Waals surface area contributed by atoms with Crippen molar-refractivity contribution in [2.45, 2.75) is 11.0 Å². The van der Waals surface area contributed by atoms with Gasteiger partial charge in [0.15, 0.2) is 0 Å². The number of hydrogen-bond donors (Lipinski definition) is 1. The standard InChI is InChI=1S/C11H14FNO4S/c12-9-2-1-3-11(6-9)18(15,16)13-4-5-17-10(7-13)8-14/h1-3,6,10,14H,4-5,7-8H2. The van der Waals surface area contributed by atoms with Crippen LogP contribution in [0, 0.1) is 5.82 Å². The van der Waals surface area contributed by atoms with E-state index < -0.39 is 21.9 Å². The van der Waals surface area contributed by atoms with E-state index in [1.807, 2.05) is 0 Å². The summed E-state index contributed by atoms with van der Waals surface area (Å²) in [5.41, 5.74) is 0. The molecule has 1 N–H and O–H groups in total. The number of sulfonamides is 1. The summed E-state index contributed by atoms with van der Waals surface area (Å²) in [6, 6.07) is 4.88. The van der Waals surface area contributed by atoms with Crippen LogP contribution in [0.5, 0.6) is 0 Å². The van der Waals surface area contributed by atoms with Gasteiger partial charge in [-0.3, -0.25) is 0 Å². The highest BCUT2D eigenvalue weighted by atomic mass is 32.2. The Morgan fingerprint density at radius 1 is 1.50 bits per heavy atom. The second kappa shape index (κ2) is 5.31. The number of aliphatic hydroxyl groups is 1. The van der Waals surface area contributed by atoms with Crippen molar-refractivity contribution in [1.82, 2.24) is 4.31 Å². The van der Waals surface area contributed by atoms with Gasteiger partial charge in [0, 0.05) is 13.1 Å². The number of morpholine rings is 1. The van der Waals surface area contributed by atoms with E-state index in [2.05, 4.69) is 0 Å². The first-order valence-electron chi connectivity index (χ1n) is 5.52. The van der Waals surface area contributed by atoms with Crippen LogP contribution in [0.15, 0.2) is 29.2 Å². The Bertz CT molecular complexity index is 520. The molecule has 5 nitrogen and oxygen atoms in total. The van der Waals surface area contributed by atoms with Gasteiger partial charge in [-0.15, -0.1) is 0 Å². The fraction of sp³-hybridized carbons (Fsp3) is 0.455. The van der Waals surface area contributed by atoms with Gasteiger partial charge in [-0.1, -0.05) is 6.07 Å². The molecule has 1 saturated heterocycles. The first kappa shape index (κ1) is 13.4. The minimum Gasteiger partial charge on any atom is -0.394 e. The zero-order chi connectivity index (χ0) is 13.2. The van der Waals surface area contributed by atoms with Crippen LogP contribution in [0.3, 0.4) is 0 Å². The third kappa shape index (κ3) is 2.69. The van der Waals surface area contributed by atoms with Gasteiger partial charge in [0.05, 0.1) is 24.2 Å². The maximum Gasteiger partial charge on any atom is 0.243 e. The Kier molecular flexibility index (Phi) is 3.96. The fourth-order valence-electron chi connectivity index (χ4n) is 1.80. The van der Waals surface area contributed by atoms with Crippen LogP contribution in [-0.2, 0) is 14.8 Å². The van der Waals surface area contributed by atoms with E-state index in [1.54, 1.807) is 0 Å². The highest BCUT2D eigenvalue weighted by molar-refractivity contribution is 7.89. The number of hydrogen-bond acceptors (Lipinski definition) is 4. The van der Waals surface area contributed by atoms with Crippen molar-refractivity contribution in [3.8, 4) is 0 Å². The molecule has 0 radical (unpaired) electrons. The number of nitrogens with zero attached hydrogens (tertiary/aromatic N) is 1. The monoisotopic (exact) mass is 275 g/mol. The van der Waals surface area contributed by atoms with Crippen LogP contribution >= 0.6 is 0 Å². The van der Waals surface area contributed by atoms with Gasteiger partial charge in [0.25, 0.3) is 0 Å². The van der Waals surface area contributed by atoms with Gasteiger partial charge < -0.3 is 9.84 Å². The molecular weight excluding hydrogens is 261 g/mol. The molecule has 1 unspecified atom stereocenters. The SMILES string of the molecule is O=S(=O)(c1cccc(F)c1)N1CCOC(CO)C1. The van der Waals surface area contributed by atoms with Crippen LogP contribution in [0.1, 0.15) is 0 Å². The highest BCUT2D eigenvalue weighted by Gasteiger charge is 2.30. The summed E-state index contributed by atoms with van der Waals surface area (Å²) in [5, 5.41) is 8.98. The summed E-state index contributed by atoms with van der Waals surface area (Å²) in [6.45, 7) is 0.264. The Hall–Kier alpha value is -1.02. The lowest BCUT2D eigenvalue weighted by Crippen LogP contribution is -2.46. The van der Waals surface area contributed by atoms with Crippen molar-refractivity contribution < 1.29 is 22.7 Å². The predicted octanol–water partition coefficient (Wildman–Crippen LogP) is 0.208. The van der Waals surface area contributed by atoms with Crippen LogP contribution in [-0.4, -0.2) is 50.2 Å². The van der Waals surface area contributed by atoms with E-state index in [0.29, 0.717) is 0 Å². The average Bonchev–Trinajstić information content (AvgIpc) is 2.39. The number of benzene rings is 1. The molecule has 0 spiro atoms. The van der Waals surface area contributed by atoms with Crippen molar-refractivity contribution in [2.24, 2.45) is 0 Å². The van der Waals surface area contributed by atoms with E-state index in [4.69, 9.17) is 9.84 Å². The summed E-state index contributed by atoms with van der Waals surface area (Å²) in [4.78, 5) is -0.0823. The highest BCUT2D eigenvalue weighted by Crippen LogP contribution is 2.19. The number of ether oxygens (including phenoxy) is 1. The van der Waals surface area contributed by atoms with E-state index in [9.17, 15) is 12.8 Å². The minimum atomic E-state index is -3.73. The summed E-state index contributed by atoms with van der Waals surface area (Å²) in [7, 11) is -3.73. The van der Waals surface area contributed by atoms with E-state index in [0.717, 1.165) is 6.07 Å². The fourth-order valence-corrected chi connectivity index (χ4v) is 3.29. The molecule has 1 aliphatic heterocycles. The lowest BCUT2D eigenvalue weighted by Gasteiger charge is -2.31. The molecule has 0 aliphatic carbocycles. The van der Waals surface area contributed by atoms with Gasteiger partial charge in [0.2, 0.25) is 10.0 Å². The number of halogens is 1. The Morgan fingerprint density at radius 3 is 2.94 bits per heavy atom. The van der Waals surface area contributed by atoms with Gasteiger partial charge in [-0.2, -0.15) is 4.31 Å². The van der Waals surface area contributed by atoms with Crippen molar-refractivity contribution in [2.75, 3.05) is 26.3 Å². The minimum absolute atomic E-state index is 0.0787. The van der Waals surface area contributed by atoms with E-state index in [-0.39, 0.29) is 31.2 Å². The van der Waals surface area contributed by atoms with Crippen molar-refractivity contribution in [3.63, 3.8) is 0 Å². The first-order valence-corrected chi connectivity index (χ1v) is 6.96. The molecule has 1 aliphatic rings. The molecule has 1 aromatic rings. The molecule has 100 valence electrons. The van der Waals surface area contributed by atoms with Crippen LogP contribution < -0.4 is 0 Å². The molecule has 1 heterocycles. The second-order valence-electron chi connectivity index (χ2n) is 4.00. The maximum absolute atomic E-state index is 13.1. The van der Waals surface area contributed by atoms with Crippen molar-refractivity contribution in [1.29, 1.82) is 0 Å². The number of aliphatic hydroxyl groups excluding tert-OH is 1. The van der Waals surface area contributed by atoms with E-state index in [1.165, 1.54) is 22.5 Å². The smallest absolute Gasteiger partial charge is 0.243 e. The largest absolute Gasteiger partial charge is 0.394 e. The third-order valence-corrected chi connectivity index (χ3v) is 4.60. The van der Waals surface area contributed by atoms with Crippen LogP contribution in [0.4, 0.5) is 4.39 Å². The first-order chi connectivity index (χ1) is 8.54. The van der Waals surface area contributed by atoms with Gasteiger partial charge in [-0.25, -0.2) is 12.8 Å². The molecule has 0 saturated carbocycles. The summed E-state index contributed by atoms with van der Waals surface area (Å²) < 4.78 is 43.9. The summed E-state index contributed by atoms with van der Waals surface area (Å²) in [6.07, 6.45) is -0.526. The summed E-state index contributed by atoms with van der Waals surface area (Å²) in [5.74, 6) is -0.594. The molecule has 0 amide bonds. The summed E-state index contributed by atoms with van der Waals surface area (Å²) >= 11 is 0. The molecule has 18 heavy (non-hydrogen) atoms. The zero-order valence-electron chi connectivity index (χ0n) is 9.62. The molecule has 0 aromatic heterocycles. The van der Waals surface area contributed by atoms with E-state index >= 15 is 0 Å². The lowest BCUT2D eigenvalue weighted by molar-refractivity contribution is -0.0304. The normalized spacial score (nSPS) is 22.0. The molecule has 1 atom stereocenters. The van der Waals surface area contributed by atoms with Crippen molar-refractivity contribution >= 4 is 10.0 Å². The Balaban J connectivity index is 2.25. The van der Waals surface area contributed by atoms with Gasteiger partial charge in [-0.05, 0) is 18.2 Å². The molecular formula is C11H14FNO4S. The molecule has 7 heteroatoms. The average molecular weight is 275 g/mol. The molecule has 0 bridgehead atoms. The number of rotatable bonds is 3. The predicted molar refractivity (Wildman–Crippen MR) is 62.0 cm³/mol. The lowest BCUT2D eigenvalue weighted by atomic mass is 10.3. The van der Waals surface area contributed by atoms with Gasteiger partial charge in [0.1, 0.15) is 5.82 Å². The van der Waals surface area contributed by atoms with Crippen LogP contribution in [0.2, 0.25) is 0 Å². The maximum atomic E-state index is 13.1. The topological polar surface area (TPSA) is 66.8 Å². The second-order valence-corrected chi connectivity index (χ2v) is 5.93. The Morgan fingerprint density at radius 2 is 2.28 bits per heavy atom. The van der Waals surface area contributed by atoms with Crippen LogP contribution in [0.25, 0.3) is 0 Å².